The van der Waals surface area contributed by atoms with E-state index in [1.807, 2.05) is 34.7 Å². The number of nitrogens with zero attached hydrogens (tertiary/aromatic N) is 1. The van der Waals surface area contributed by atoms with Crippen LogP contribution in [0.15, 0.2) is 0 Å². The fourth-order valence-corrected chi connectivity index (χ4v) is 1.70. The zero-order chi connectivity index (χ0) is 14.7. The van der Waals surface area contributed by atoms with Crippen LogP contribution in [-0.2, 0) is 14.3 Å². The lowest BCUT2D eigenvalue weighted by Gasteiger charge is -2.21. The van der Waals surface area contributed by atoms with Gasteiger partial charge in [-0.1, -0.05) is 6.92 Å². The molecule has 0 spiro atoms. The van der Waals surface area contributed by atoms with Crippen LogP contribution in [-0.4, -0.2) is 62.9 Å². The van der Waals surface area contributed by atoms with E-state index < -0.39 is 0 Å². The third kappa shape index (κ3) is 9.87. The Kier molecular flexibility index (Phi) is 10.8. The maximum atomic E-state index is 11.7. The molecule has 0 rings (SSSR count). The second kappa shape index (κ2) is 11.2. The van der Waals surface area contributed by atoms with Gasteiger partial charge in [0.15, 0.2) is 0 Å². The second-order valence-corrected chi connectivity index (χ2v) is 4.87. The van der Waals surface area contributed by atoms with Crippen LogP contribution in [0.5, 0.6) is 0 Å². The predicted octanol–water partition coefficient (Wildman–Crippen LogP) is 1.27. The molecule has 0 saturated carbocycles. The molecule has 0 heterocycles. The molecule has 0 aromatic rings. The molecule has 0 saturated heterocycles. The molecule has 0 radical (unpaired) electrons. The molecule has 0 fully saturated rings. The SMILES string of the molecule is CCNC(CCN(C)CCOC(C)C)C(=O)OCC. The van der Waals surface area contributed by atoms with Gasteiger partial charge in [-0.05, 0) is 47.3 Å². The molecule has 0 aliphatic rings. The summed E-state index contributed by atoms with van der Waals surface area (Å²) in [6.07, 6.45) is 1.02. The Bertz CT molecular complexity index is 235. The summed E-state index contributed by atoms with van der Waals surface area (Å²) in [6.45, 7) is 11.5. The van der Waals surface area contributed by atoms with Gasteiger partial charge in [0.05, 0.1) is 19.3 Å². The summed E-state index contributed by atoms with van der Waals surface area (Å²) in [7, 11) is 2.04. The number of carbonyl (C=O) groups excluding carboxylic acids is 1. The molecular weight excluding hydrogens is 244 g/mol. The molecule has 1 atom stereocenters. The lowest BCUT2D eigenvalue weighted by atomic mass is 10.2. The molecule has 0 aliphatic carbocycles. The van der Waals surface area contributed by atoms with E-state index in [1.54, 1.807) is 0 Å². The molecule has 0 amide bonds. The van der Waals surface area contributed by atoms with Gasteiger partial charge in [0, 0.05) is 6.54 Å². The van der Waals surface area contributed by atoms with E-state index in [0.717, 1.165) is 32.7 Å². The van der Waals surface area contributed by atoms with Crippen LogP contribution in [0.3, 0.4) is 0 Å². The molecule has 114 valence electrons. The van der Waals surface area contributed by atoms with Crippen molar-refractivity contribution in [2.24, 2.45) is 0 Å². The number of nitrogens with one attached hydrogen (secondary N) is 1. The summed E-state index contributed by atoms with van der Waals surface area (Å²) < 4.78 is 10.6. The first-order chi connectivity index (χ1) is 9.01. The standard InChI is InChI=1S/C14H30N2O3/c1-6-15-13(14(17)18-7-2)8-9-16(5)10-11-19-12(3)4/h12-13,15H,6-11H2,1-5H3. The fourth-order valence-electron chi connectivity index (χ4n) is 1.70. The Morgan fingerprint density at radius 3 is 2.47 bits per heavy atom. The third-order valence-electron chi connectivity index (χ3n) is 2.75. The van der Waals surface area contributed by atoms with Crippen molar-refractivity contribution in [2.75, 3.05) is 39.9 Å². The van der Waals surface area contributed by atoms with E-state index in [2.05, 4.69) is 10.2 Å². The number of rotatable bonds is 11. The summed E-state index contributed by atoms with van der Waals surface area (Å²) in [6, 6.07) is -0.210. The number of esters is 1. The van der Waals surface area contributed by atoms with Gasteiger partial charge in [-0.15, -0.1) is 0 Å². The quantitative estimate of drug-likeness (QED) is 0.575. The van der Waals surface area contributed by atoms with Gasteiger partial charge in [0.25, 0.3) is 0 Å². The lowest BCUT2D eigenvalue weighted by molar-refractivity contribution is -0.145. The van der Waals surface area contributed by atoms with E-state index in [4.69, 9.17) is 9.47 Å². The highest BCUT2D eigenvalue weighted by Crippen LogP contribution is 1.99. The van der Waals surface area contributed by atoms with Gasteiger partial charge >= 0.3 is 5.97 Å². The maximum Gasteiger partial charge on any atom is 0.323 e. The molecule has 1 N–H and O–H groups in total. The zero-order valence-electron chi connectivity index (χ0n) is 13.1. The van der Waals surface area contributed by atoms with Crippen molar-refractivity contribution >= 4 is 5.97 Å². The number of hydrogen-bond acceptors (Lipinski definition) is 5. The molecule has 0 aromatic carbocycles. The van der Waals surface area contributed by atoms with Gasteiger partial charge < -0.3 is 19.7 Å². The Labute approximate surface area is 117 Å². The van der Waals surface area contributed by atoms with E-state index >= 15 is 0 Å². The van der Waals surface area contributed by atoms with Gasteiger partial charge in [-0.25, -0.2) is 0 Å². The minimum absolute atomic E-state index is 0.156. The van der Waals surface area contributed by atoms with Crippen molar-refractivity contribution in [3.05, 3.63) is 0 Å². The summed E-state index contributed by atoms with van der Waals surface area (Å²) in [4.78, 5) is 13.9. The molecule has 0 bridgehead atoms. The number of carbonyl (C=O) groups is 1. The summed E-state index contributed by atoms with van der Waals surface area (Å²) in [5, 5.41) is 3.16. The van der Waals surface area contributed by atoms with Crippen molar-refractivity contribution < 1.29 is 14.3 Å². The number of hydrogen-bond donors (Lipinski definition) is 1. The minimum atomic E-state index is -0.210. The van der Waals surface area contributed by atoms with Crippen molar-refractivity contribution in [2.45, 2.75) is 46.3 Å². The van der Waals surface area contributed by atoms with Gasteiger partial charge in [-0.3, -0.25) is 4.79 Å². The Morgan fingerprint density at radius 2 is 1.95 bits per heavy atom. The van der Waals surface area contributed by atoms with Gasteiger partial charge in [0.1, 0.15) is 6.04 Å². The average molecular weight is 274 g/mol. The molecule has 5 heteroatoms. The van der Waals surface area contributed by atoms with Crippen LogP contribution >= 0.6 is 0 Å². The highest BCUT2D eigenvalue weighted by atomic mass is 16.5. The summed E-state index contributed by atoms with van der Waals surface area (Å²) >= 11 is 0. The van der Waals surface area contributed by atoms with E-state index in [1.165, 1.54) is 0 Å². The summed E-state index contributed by atoms with van der Waals surface area (Å²) in [5.41, 5.74) is 0. The summed E-state index contributed by atoms with van der Waals surface area (Å²) in [5.74, 6) is -0.156. The van der Waals surface area contributed by atoms with Crippen LogP contribution in [0.2, 0.25) is 0 Å². The monoisotopic (exact) mass is 274 g/mol. The molecule has 0 aliphatic heterocycles. The van der Waals surface area contributed by atoms with Crippen LogP contribution in [0, 0.1) is 0 Å². The highest BCUT2D eigenvalue weighted by molar-refractivity contribution is 5.75. The topological polar surface area (TPSA) is 50.8 Å². The van der Waals surface area contributed by atoms with Crippen molar-refractivity contribution in [1.82, 2.24) is 10.2 Å². The Balaban J connectivity index is 3.92. The van der Waals surface area contributed by atoms with Crippen molar-refractivity contribution in [1.29, 1.82) is 0 Å². The van der Waals surface area contributed by atoms with Crippen LogP contribution in [0.25, 0.3) is 0 Å². The maximum absolute atomic E-state index is 11.7. The lowest BCUT2D eigenvalue weighted by Crippen LogP contribution is -2.40. The van der Waals surface area contributed by atoms with Crippen LogP contribution in [0.1, 0.15) is 34.1 Å². The van der Waals surface area contributed by atoms with E-state index in [0.29, 0.717) is 6.61 Å². The van der Waals surface area contributed by atoms with Crippen molar-refractivity contribution in [3.63, 3.8) is 0 Å². The minimum Gasteiger partial charge on any atom is -0.465 e. The highest BCUT2D eigenvalue weighted by Gasteiger charge is 2.18. The number of ether oxygens (including phenoxy) is 2. The van der Waals surface area contributed by atoms with Gasteiger partial charge in [-0.2, -0.15) is 0 Å². The first kappa shape index (κ1) is 18.4. The Hall–Kier alpha value is -0.650. The normalized spacial score (nSPS) is 13.0. The molecule has 0 aromatic heterocycles. The Morgan fingerprint density at radius 1 is 1.26 bits per heavy atom. The predicted molar refractivity (Wildman–Crippen MR) is 77.3 cm³/mol. The first-order valence-electron chi connectivity index (χ1n) is 7.21. The van der Waals surface area contributed by atoms with E-state index in [-0.39, 0.29) is 18.1 Å². The van der Waals surface area contributed by atoms with Crippen molar-refractivity contribution in [3.8, 4) is 0 Å². The average Bonchev–Trinajstić information content (AvgIpc) is 2.34. The fraction of sp³-hybridized carbons (Fsp3) is 0.929. The van der Waals surface area contributed by atoms with Gasteiger partial charge in [0.2, 0.25) is 0 Å². The van der Waals surface area contributed by atoms with Crippen LogP contribution < -0.4 is 5.32 Å². The smallest absolute Gasteiger partial charge is 0.323 e. The largest absolute Gasteiger partial charge is 0.465 e. The number of likely N-dealkylation sites (N-methyl/N-ethyl adjacent to an activating group) is 2. The molecule has 5 nitrogen and oxygen atoms in total. The zero-order valence-corrected chi connectivity index (χ0v) is 13.1. The van der Waals surface area contributed by atoms with E-state index in [9.17, 15) is 4.79 Å². The molecular formula is C14H30N2O3. The van der Waals surface area contributed by atoms with Crippen LogP contribution in [0.4, 0.5) is 0 Å². The molecule has 19 heavy (non-hydrogen) atoms. The second-order valence-electron chi connectivity index (χ2n) is 4.87. The first-order valence-corrected chi connectivity index (χ1v) is 7.21. The third-order valence-corrected chi connectivity index (χ3v) is 2.75. The molecule has 1 unspecified atom stereocenters.